The van der Waals surface area contributed by atoms with Crippen molar-refractivity contribution in [1.29, 1.82) is 0 Å². The van der Waals surface area contributed by atoms with Gasteiger partial charge in [0.15, 0.2) is 0 Å². The van der Waals surface area contributed by atoms with Gasteiger partial charge in [0, 0.05) is 18.1 Å². The molecule has 0 fully saturated rings. The lowest BCUT2D eigenvalue weighted by molar-refractivity contribution is 0.506. The minimum atomic E-state index is -2.90. The van der Waals surface area contributed by atoms with E-state index in [2.05, 4.69) is 50.5 Å². The van der Waals surface area contributed by atoms with Crippen LogP contribution in [0.15, 0.2) is 24.3 Å². The third kappa shape index (κ3) is 5.61. The standard InChI is InChI=1S/C15H26N2O2S/c1-15(2,3)13-9-7-12(8-10-13)14(17-16)6-5-11-20(4,18)19/h7-10,14,17H,5-6,11,16H2,1-4H3. The lowest BCUT2D eigenvalue weighted by Crippen LogP contribution is -2.28. The molecule has 1 unspecified atom stereocenters. The number of nitrogens with two attached hydrogens (primary N) is 1. The largest absolute Gasteiger partial charge is 0.271 e. The van der Waals surface area contributed by atoms with Crippen LogP contribution < -0.4 is 11.3 Å². The van der Waals surface area contributed by atoms with Crippen LogP contribution in [0, 0.1) is 0 Å². The van der Waals surface area contributed by atoms with Gasteiger partial charge >= 0.3 is 0 Å². The van der Waals surface area contributed by atoms with Crippen molar-refractivity contribution in [3.8, 4) is 0 Å². The van der Waals surface area contributed by atoms with Crippen LogP contribution in [0.5, 0.6) is 0 Å². The Balaban J connectivity index is 2.71. The lowest BCUT2D eigenvalue weighted by Gasteiger charge is -2.21. The van der Waals surface area contributed by atoms with E-state index >= 15 is 0 Å². The van der Waals surface area contributed by atoms with Crippen LogP contribution >= 0.6 is 0 Å². The molecule has 0 radical (unpaired) electrons. The van der Waals surface area contributed by atoms with Gasteiger partial charge in [-0.25, -0.2) is 8.42 Å². The molecule has 1 aromatic rings. The molecule has 0 aromatic heterocycles. The number of sulfone groups is 1. The summed E-state index contributed by atoms with van der Waals surface area (Å²) in [5.74, 6) is 5.78. The topological polar surface area (TPSA) is 72.2 Å². The summed E-state index contributed by atoms with van der Waals surface area (Å²) < 4.78 is 22.3. The molecule has 0 bridgehead atoms. The van der Waals surface area contributed by atoms with E-state index in [1.165, 1.54) is 11.8 Å². The maximum atomic E-state index is 11.1. The zero-order valence-corrected chi connectivity index (χ0v) is 13.6. The molecule has 1 rings (SSSR count). The van der Waals surface area contributed by atoms with Gasteiger partial charge in [-0.2, -0.15) is 0 Å². The summed E-state index contributed by atoms with van der Waals surface area (Å²) in [6, 6.07) is 8.33. The molecule has 0 aliphatic heterocycles. The molecule has 0 amide bonds. The number of hydrogen-bond donors (Lipinski definition) is 2. The Morgan fingerprint density at radius 1 is 1.20 bits per heavy atom. The monoisotopic (exact) mass is 298 g/mol. The quantitative estimate of drug-likeness (QED) is 0.624. The summed E-state index contributed by atoms with van der Waals surface area (Å²) in [6.45, 7) is 6.52. The molecule has 1 atom stereocenters. The van der Waals surface area contributed by atoms with E-state index in [9.17, 15) is 8.42 Å². The molecular weight excluding hydrogens is 272 g/mol. The second kappa shape index (κ2) is 6.70. The molecule has 3 N–H and O–H groups in total. The second-order valence-electron chi connectivity index (χ2n) is 6.36. The molecule has 0 aliphatic rings. The van der Waals surface area contributed by atoms with Crippen molar-refractivity contribution in [2.24, 2.45) is 5.84 Å². The van der Waals surface area contributed by atoms with Gasteiger partial charge in [-0.15, -0.1) is 0 Å². The van der Waals surface area contributed by atoms with Gasteiger partial charge in [0.25, 0.3) is 0 Å². The molecule has 0 saturated carbocycles. The average molecular weight is 298 g/mol. The smallest absolute Gasteiger partial charge is 0.147 e. The molecule has 4 nitrogen and oxygen atoms in total. The molecule has 5 heteroatoms. The van der Waals surface area contributed by atoms with Crippen LogP contribution in [0.4, 0.5) is 0 Å². The first-order valence-electron chi connectivity index (χ1n) is 6.88. The fourth-order valence-corrected chi connectivity index (χ4v) is 2.80. The van der Waals surface area contributed by atoms with Crippen LogP contribution in [0.3, 0.4) is 0 Å². The Bertz CT molecular complexity index is 516. The highest BCUT2D eigenvalue weighted by molar-refractivity contribution is 7.90. The van der Waals surface area contributed by atoms with Crippen LogP contribution in [0.2, 0.25) is 0 Å². The first-order chi connectivity index (χ1) is 9.13. The maximum Gasteiger partial charge on any atom is 0.147 e. The number of rotatable bonds is 6. The van der Waals surface area contributed by atoms with Crippen molar-refractivity contribution >= 4 is 9.84 Å². The Labute approximate surface area is 122 Å². The lowest BCUT2D eigenvalue weighted by atomic mass is 9.86. The van der Waals surface area contributed by atoms with Crippen molar-refractivity contribution in [3.05, 3.63) is 35.4 Å². The highest BCUT2D eigenvalue weighted by atomic mass is 32.2. The van der Waals surface area contributed by atoms with E-state index < -0.39 is 9.84 Å². The van der Waals surface area contributed by atoms with E-state index in [0.29, 0.717) is 12.8 Å². The third-order valence-electron chi connectivity index (χ3n) is 3.39. The van der Waals surface area contributed by atoms with E-state index in [4.69, 9.17) is 5.84 Å². The van der Waals surface area contributed by atoms with Gasteiger partial charge in [-0.3, -0.25) is 11.3 Å². The molecule has 1 aromatic carbocycles. The van der Waals surface area contributed by atoms with Crippen molar-refractivity contribution in [2.45, 2.75) is 45.1 Å². The van der Waals surface area contributed by atoms with Crippen molar-refractivity contribution < 1.29 is 8.42 Å². The predicted molar refractivity (Wildman–Crippen MR) is 84.2 cm³/mol. The first-order valence-corrected chi connectivity index (χ1v) is 8.94. The Morgan fingerprint density at radius 3 is 2.15 bits per heavy atom. The van der Waals surface area contributed by atoms with Gasteiger partial charge in [0.2, 0.25) is 0 Å². The van der Waals surface area contributed by atoms with Gasteiger partial charge in [0.05, 0.1) is 0 Å². The molecule has 0 heterocycles. The summed E-state index contributed by atoms with van der Waals surface area (Å²) in [4.78, 5) is 0. The van der Waals surface area contributed by atoms with Crippen molar-refractivity contribution in [3.63, 3.8) is 0 Å². The zero-order chi connectivity index (χ0) is 15.4. The van der Waals surface area contributed by atoms with Crippen molar-refractivity contribution in [1.82, 2.24) is 5.43 Å². The van der Waals surface area contributed by atoms with Gasteiger partial charge in [-0.05, 0) is 29.4 Å². The Hall–Kier alpha value is -0.910. The molecule has 20 heavy (non-hydrogen) atoms. The second-order valence-corrected chi connectivity index (χ2v) is 8.62. The van der Waals surface area contributed by atoms with Gasteiger partial charge < -0.3 is 0 Å². The molecule has 0 saturated heterocycles. The first kappa shape index (κ1) is 17.1. The number of hydrogen-bond acceptors (Lipinski definition) is 4. The molecular formula is C15H26N2O2S. The maximum absolute atomic E-state index is 11.1. The fourth-order valence-electron chi connectivity index (χ4n) is 2.11. The van der Waals surface area contributed by atoms with E-state index in [0.717, 1.165) is 5.56 Å². The average Bonchev–Trinajstić information content (AvgIpc) is 2.32. The minimum Gasteiger partial charge on any atom is -0.271 e. The van der Waals surface area contributed by atoms with Crippen LogP contribution in [0.25, 0.3) is 0 Å². The number of nitrogens with one attached hydrogen (secondary N) is 1. The Kier molecular flexibility index (Phi) is 5.74. The van der Waals surface area contributed by atoms with Crippen LogP contribution in [0.1, 0.15) is 50.8 Å². The number of hydrazine groups is 1. The van der Waals surface area contributed by atoms with E-state index in [1.54, 1.807) is 0 Å². The van der Waals surface area contributed by atoms with Crippen LogP contribution in [-0.4, -0.2) is 20.4 Å². The summed E-state index contributed by atoms with van der Waals surface area (Å²) in [7, 11) is -2.90. The van der Waals surface area contributed by atoms with E-state index in [-0.39, 0.29) is 17.2 Å². The fraction of sp³-hybridized carbons (Fsp3) is 0.600. The third-order valence-corrected chi connectivity index (χ3v) is 4.42. The molecule has 0 aliphatic carbocycles. The summed E-state index contributed by atoms with van der Waals surface area (Å²) in [5.41, 5.74) is 5.26. The minimum absolute atomic E-state index is 0.00855. The number of benzene rings is 1. The summed E-state index contributed by atoms with van der Waals surface area (Å²) in [5, 5.41) is 0. The normalized spacial score (nSPS) is 14.2. The zero-order valence-electron chi connectivity index (χ0n) is 12.8. The predicted octanol–water partition coefficient (Wildman–Crippen LogP) is 2.31. The SMILES string of the molecule is CC(C)(C)c1ccc(C(CCCS(C)(=O)=O)NN)cc1. The Morgan fingerprint density at radius 2 is 1.75 bits per heavy atom. The highest BCUT2D eigenvalue weighted by Crippen LogP contribution is 2.25. The van der Waals surface area contributed by atoms with Gasteiger partial charge in [0.1, 0.15) is 9.84 Å². The van der Waals surface area contributed by atoms with Crippen molar-refractivity contribution in [2.75, 3.05) is 12.0 Å². The van der Waals surface area contributed by atoms with Crippen LogP contribution in [-0.2, 0) is 15.3 Å². The molecule has 0 spiro atoms. The van der Waals surface area contributed by atoms with Gasteiger partial charge in [-0.1, -0.05) is 45.0 Å². The van der Waals surface area contributed by atoms with E-state index in [1.807, 2.05) is 0 Å². The molecule has 114 valence electrons. The summed E-state index contributed by atoms with van der Waals surface area (Å²) in [6.07, 6.45) is 2.57. The summed E-state index contributed by atoms with van der Waals surface area (Å²) >= 11 is 0. The highest BCUT2D eigenvalue weighted by Gasteiger charge is 2.15.